The number of nitrogens with zero attached hydrogens (tertiary/aromatic N) is 1. The molecule has 13 heavy (non-hydrogen) atoms. The van der Waals surface area contributed by atoms with E-state index in [0.717, 1.165) is 0 Å². The van der Waals surface area contributed by atoms with Crippen molar-refractivity contribution in [2.24, 2.45) is 4.99 Å². The third-order valence-corrected chi connectivity index (χ3v) is 1.90. The van der Waals surface area contributed by atoms with E-state index < -0.39 is 5.97 Å². The van der Waals surface area contributed by atoms with Crippen LogP contribution in [0.5, 0.6) is 0 Å². The van der Waals surface area contributed by atoms with Crippen LogP contribution in [0.15, 0.2) is 26.3 Å². The largest absolute Gasteiger partial charge is 0.465 e. The summed E-state index contributed by atoms with van der Waals surface area (Å²) in [6, 6.07) is 0. The van der Waals surface area contributed by atoms with Gasteiger partial charge in [0.15, 0.2) is 0 Å². The number of allylic oxidation sites excluding steroid dienone is 1. The molecule has 0 amide bonds. The van der Waals surface area contributed by atoms with Crippen molar-refractivity contribution in [3.63, 3.8) is 0 Å². The fourth-order valence-electron chi connectivity index (χ4n) is 0.597. The number of ether oxygens (including phenoxy) is 1. The number of esters is 1. The zero-order valence-electron chi connectivity index (χ0n) is 7.30. The van der Waals surface area contributed by atoms with Gasteiger partial charge in [-0.1, -0.05) is 11.6 Å². The van der Waals surface area contributed by atoms with E-state index in [-0.39, 0.29) is 5.57 Å². The Labute approximate surface area is 90.3 Å². The Balaban J connectivity index is 5.10. The highest BCUT2D eigenvalue weighted by Crippen LogP contribution is 2.18. The van der Waals surface area contributed by atoms with Gasteiger partial charge in [-0.3, -0.25) is 4.99 Å². The molecule has 0 N–H and O–H groups in total. The Bertz CT molecular complexity index is 280. The quantitative estimate of drug-likeness (QED) is 0.259. The summed E-state index contributed by atoms with van der Waals surface area (Å²) in [4.78, 5) is 14.7. The van der Waals surface area contributed by atoms with Crippen LogP contribution in [0.3, 0.4) is 0 Å². The highest BCUT2D eigenvalue weighted by Gasteiger charge is 2.11. The molecule has 0 atom stereocenters. The molecule has 0 spiro atoms. The molecule has 0 aromatic carbocycles. The first-order valence-corrected chi connectivity index (χ1v) is 4.48. The lowest BCUT2D eigenvalue weighted by Crippen LogP contribution is -2.04. The van der Waals surface area contributed by atoms with Crippen LogP contribution < -0.4 is 0 Å². The zero-order valence-corrected chi connectivity index (χ0v) is 9.65. The average Bonchev–Trinajstić information content (AvgIpc) is 2.11. The summed E-state index contributed by atoms with van der Waals surface area (Å²) in [7, 11) is 1.28. The van der Waals surface area contributed by atoms with Crippen LogP contribution in [-0.2, 0) is 9.53 Å². The minimum atomic E-state index is -0.515. The molecule has 0 aromatic rings. The molecule has 0 saturated carbocycles. The second kappa shape index (κ2) is 5.94. The maximum Gasteiger partial charge on any atom is 0.340 e. The lowest BCUT2D eigenvalue weighted by atomic mass is 10.2. The highest BCUT2D eigenvalue weighted by molar-refractivity contribution is 9.11. The number of carbonyl (C=O) groups is 1. The van der Waals surface area contributed by atoms with Crippen molar-refractivity contribution in [2.45, 2.75) is 6.92 Å². The molecule has 3 nitrogen and oxygen atoms in total. The second-order valence-electron chi connectivity index (χ2n) is 2.09. The lowest BCUT2D eigenvalue weighted by Gasteiger charge is -2.00. The van der Waals surface area contributed by atoms with Gasteiger partial charge in [0.05, 0.1) is 12.7 Å². The molecule has 0 fully saturated rings. The molecule has 0 aromatic heterocycles. The number of rotatable bonds is 3. The van der Waals surface area contributed by atoms with E-state index >= 15 is 0 Å². The standard InChI is InChI=1S/C8H9BrClNO2/c1-5(10)4-6(7(9)11-2)8(12)13-3/h4H,2H2,1,3H3/b5-4+,7-6+. The number of hydrogen-bond acceptors (Lipinski definition) is 3. The van der Waals surface area contributed by atoms with Gasteiger partial charge in [0.25, 0.3) is 0 Å². The minimum Gasteiger partial charge on any atom is -0.465 e. The Morgan fingerprint density at radius 3 is 2.54 bits per heavy atom. The Morgan fingerprint density at radius 1 is 1.69 bits per heavy atom. The molecule has 0 unspecified atom stereocenters. The summed E-state index contributed by atoms with van der Waals surface area (Å²) >= 11 is 8.67. The zero-order chi connectivity index (χ0) is 10.4. The van der Waals surface area contributed by atoms with Crippen LogP contribution in [0, 0.1) is 0 Å². The number of hydrogen-bond donors (Lipinski definition) is 0. The maximum absolute atomic E-state index is 11.1. The van der Waals surface area contributed by atoms with Gasteiger partial charge in [-0.2, -0.15) is 0 Å². The average molecular weight is 267 g/mol. The molecule has 0 saturated heterocycles. The van der Waals surface area contributed by atoms with Crippen molar-refractivity contribution in [3.8, 4) is 0 Å². The first kappa shape index (κ1) is 12.4. The van der Waals surface area contributed by atoms with Gasteiger partial charge in [0.1, 0.15) is 4.61 Å². The smallest absolute Gasteiger partial charge is 0.340 e. The van der Waals surface area contributed by atoms with Crippen molar-refractivity contribution in [1.29, 1.82) is 0 Å². The topological polar surface area (TPSA) is 38.7 Å². The van der Waals surface area contributed by atoms with Gasteiger partial charge < -0.3 is 4.74 Å². The van der Waals surface area contributed by atoms with E-state index in [2.05, 4.69) is 32.4 Å². The maximum atomic E-state index is 11.1. The normalized spacial score (nSPS) is 13.4. The van der Waals surface area contributed by atoms with Crippen molar-refractivity contribution in [1.82, 2.24) is 0 Å². The summed E-state index contributed by atoms with van der Waals surface area (Å²) in [5, 5.41) is 0.459. The molecule has 0 heterocycles. The molecule has 0 bridgehead atoms. The molecule has 0 radical (unpaired) electrons. The molecule has 72 valence electrons. The summed E-state index contributed by atoms with van der Waals surface area (Å²) in [6.45, 7) is 4.92. The predicted molar refractivity (Wildman–Crippen MR) is 57.1 cm³/mol. The Hall–Kier alpha value is -0.610. The van der Waals surface area contributed by atoms with Gasteiger partial charge >= 0.3 is 5.97 Å². The minimum absolute atomic E-state index is 0.241. The van der Waals surface area contributed by atoms with E-state index in [4.69, 9.17) is 11.6 Å². The molecule has 0 rings (SSSR count). The number of carbonyl (C=O) groups excluding carboxylic acids is 1. The summed E-state index contributed by atoms with van der Waals surface area (Å²) < 4.78 is 4.82. The van der Waals surface area contributed by atoms with Crippen LogP contribution in [0.1, 0.15) is 6.92 Å². The number of halogens is 2. The van der Waals surface area contributed by atoms with Crippen LogP contribution in [-0.4, -0.2) is 19.8 Å². The number of aliphatic imine (C=N–C) groups is 1. The highest BCUT2D eigenvalue weighted by atomic mass is 79.9. The van der Waals surface area contributed by atoms with Gasteiger partial charge in [0.2, 0.25) is 0 Å². The first-order valence-electron chi connectivity index (χ1n) is 3.31. The SMILES string of the molecule is C=N/C(Br)=C(\C=C(/C)Cl)C(=O)OC. The van der Waals surface area contributed by atoms with E-state index in [9.17, 15) is 4.79 Å². The molecular weight excluding hydrogens is 257 g/mol. The van der Waals surface area contributed by atoms with Crippen molar-refractivity contribution in [3.05, 3.63) is 21.3 Å². The molecule has 5 heteroatoms. The number of methoxy groups -OCH3 is 1. The van der Waals surface area contributed by atoms with Gasteiger partial charge in [0, 0.05) is 5.03 Å². The predicted octanol–water partition coefficient (Wildman–Crippen LogP) is 2.61. The van der Waals surface area contributed by atoms with Crippen LogP contribution >= 0.6 is 27.5 Å². The van der Waals surface area contributed by atoms with E-state index in [1.807, 2.05) is 0 Å². The lowest BCUT2D eigenvalue weighted by molar-refractivity contribution is -0.135. The molecule has 0 aliphatic heterocycles. The van der Waals surface area contributed by atoms with E-state index in [1.165, 1.54) is 13.2 Å². The summed E-state index contributed by atoms with van der Waals surface area (Å²) in [5.41, 5.74) is 0.241. The molecular formula is C8H9BrClNO2. The van der Waals surface area contributed by atoms with Crippen molar-refractivity contribution < 1.29 is 9.53 Å². The van der Waals surface area contributed by atoms with Gasteiger partial charge in [-0.15, -0.1) is 0 Å². The van der Waals surface area contributed by atoms with Crippen LogP contribution in [0.25, 0.3) is 0 Å². The van der Waals surface area contributed by atoms with Crippen LogP contribution in [0.4, 0.5) is 0 Å². The summed E-state index contributed by atoms with van der Waals surface area (Å²) in [6.07, 6.45) is 1.45. The fourth-order valence-corrected chi connectivity index (χ4v) is 0.982. The van der Waals surface area contributed by atoms with Gasteiger partial charge in [-0.05, 0) is 35.6 Å². The second-order valence-corrected chi connectivity index (χ2v) is 3.43. The third-order valence-electron chi connectivity index (χ3n) is 1.11. The molecule has 0 aliphatic carbocycles. The summed E-state index contributed by atoms with van der Waals surface area (Å²) in [5.74, 6) is -0.515. The van der Waals surface area contributed by atoms with Crippen molar-refractivity contribution >= 4 is 40.2 Å². The van der Waals surface area contributed by atoms with Crippen LogP contribution in [0.2, 0.25) is 0 Å². The Morgan fingerprint density at radius 2 is 2.23 bits per heavy atom. The first-order chi connectivity index (χ1) is 6.02. The third kappa shape index (κ3) is 4.24. The fraction of sp³-hybridized carbons (Fsp3) is 0.250. The van der Waals surface area contributed by atoms with E-state index in [0.29, 0.717) is 9.64 Å². The monoisotopic (exact) mass is 265 g/mol. The van der Waals surface area contributed by atoms with Crippen molar-refractivity contribution in [2.75, 3.05) is 7.11 Å². The molecule has 0 aliphatic rings. The van der Waals surface area contributed by atoms with E-state index in [1.54, 1.807) is 6.92 Å². The Kier molecular flexibility index (Phi) is 5.66. The van der Waals surface area contributed by atoms with Gasteiger partial charge in [-0.25, -0.2) is 4.79 Å².